The van der Waals surface area contributed by atoms with E-state index in [2.05, 4.69) is 22.6 Å². The molecule has 0 radical (unpaired) electrons. The highest BCUT2D eigenvalue weighted by Gasteiger charge is 1.92. The summed E-state index contributed by atoms with van der Waals surface area (Å²) in [6.07, 6.45) is 0.800. The van der Waals surface area contributed by atoms with Gasteiger partial charge in [0.1, 0.15) is 0 Å². The van der Waals surface area contributed by atoms with Gasteiger partial charge in [-0.25, -0.2) is 0 Å². The van der Waals surface area contributed by atoms with E-state index in [1.807, 2.05) is 6.92 Å². The molecule has 1 atom stereocenters. The van der Waals surface area contributed by atoms with Gasteiger partial charge < -0.3 is 5.11 Å². The van der Waals surface area contributed by atoms with Gasteiger partial charge in [-0.05, 0) is 6.42 Å². The molecule has 0 aromatic carbocycles. The van der Waals surface area contributed by atoms with Gasteiger partial charge in [0.05, 0.1) is 6.10 Å². The third-order valence-electron chi connectivity index (χ3n) is 0.649. The summed E-state index contributed by atoms with van der Waals surface area (Å²) in [7, 11) is 0. The molecule has 0 fully saturated rings. The second-order valence-corrected chi connectivity index (χ2v) is 2.10. The molecule has 0 aromatic heterocycles. The number of aliphatic hydroxyl groups excluding tert-OH is 1. The number of hydrogen-bond donors (Lipinski definition) is 1. The first-order valence-electron chi connectivity index (χ1n) is 2.05. The van der Waals surface area contributed by atoms with Gasteiger partial charge in [0, 0.05) is 4.43 Å². The van der Waals surface area contributed by atoms with Crippen LogP contribution in [-0.2, 0) is 0 Å². The van der Waals surface area contributed by atoms with E-state index in [1.165, 1.54) is 0 Å². The summed E-state index contributed by atoms with van der Waals surface area (Å²) in [6.45, 7) is 1.98. The molecule has 0 aliphatic rings. The molecule has 1 nitrogen and oxygen atoms in total. The minimum atomic E-state index is -0.0781. The van der Waals surface area contributed by atoms with Crippen molar-refractivity contribution in [3.8, 4) is 0 Å². The molecule has 0 bridgehead atoms. The second-order valence-electron chi connectivity index (χ2n) is 1.22. The molecular formula is C4H9IO. The summed E-state index contributed by atoms with van der Waals surface area (Å²) in [5, 5.41) is 8.66. The Hall–Kier alpha value is 0.690. The average Bonchev–Trinajstić information content (AvgIpc) is 1.65. The smallest absolute Gasteiger partial charge is 0.0627 e. The van der Waals surface area contributed by atoms with Crippen molar-refractivity contribution < 1.29 is 5.11 Å². The molecule has 0 rings (SSSR count). The van der Waals surface area contributed by atoms with E-state index < -0.39 is 0 Å². The Balaban J connectivity index is 2.75. The van der Waals surface area contributed by atoms with Crippen molar-refractivity contribution in [1.29, 1.82) is 0 Å². The Morgan fingerprint density at radius 3 is 2.33 bits per heavy atom. The van der Waals surface area contributed by atoms with E-state index in [0.29, 0.717) is 0 Å². The van der Waals surface area contributed by atoms with Crippen molar-refractivity contribution in [3.63, 3.8) is 0 Å². The fourth-order valence-electron chi connectivity index (χ4n) is 0.109. The van der Waals surface area contributed by atoms with Crippen LogP contribution in [0, 0.1) is 0 Å². The second kappa shape index (κ2) is 3.87. The van der Waals surface area contributed by atoms with Gasteiger partial charge in [-0.2, -0.15) is 0 Å². The summed E-state index contributed by atoms with van der Waals surface area (Å²) in [5.74, 6) is 0. The van der Waals surface area contributed by atoms with Gasteiger partial charge in [-0.1, -0.05) is 29.5 Å². The van der Waals surface area contributed by atoms with E-state index in [9.17, 15) is 0 Å². The molecule has 0 aliphatic heterocycles. The fourth-order valence-corrected chi connectivity index (χ4v) is 0.732. The zero-order chi connectivity index (χ0) is 4.99. The monoisotopic (exact) mass is 200 g/mol. The standard InChI is InChI=1S/C4H9IO/c1-2-4(6)3-5/h4,6H,2-3H2,1H3/t4-/m0/s1. The lowest BCUT2D eigenvalue weighted by Crippen LogP contribution is -2.03. The number of hydrogen-bond acceptors (Lipinski definition) is 1. The third-order valence-corrected chi connectivity index (χ3v) is 1.67. The molecule has 0 aliphatic carbocycles. The lowest BCUT2D eigenvalue weighted by molar-refractivity contribution is 0.198. The molecule has 6 heavy (non-hydrogen) atoms. The lowest BCUT2D eigenvalue weighted by Gasteiger charge is -1.97. The van der Waals surface area contributed by atoms with Crippen LogP contribution in [0.3, 0.4) is 0 Å². The van der Waals surface area contributed by atoms with Crippen LogP contribution in [-0.4, -0.2) is 15.6 Å². The Bertz CT molecular complexity index is 26.7. The first-order chi connectivity index (χ1) is 2.81. The van der Waals surface area contributed by atoms with Crippen LogP contribution >= 0.6 is 22.6 Å². The topological polar surface area (TPSA) is 20.2 Å². The van der Waals surface area contributed by atoms with Crippen molar-refractivity contribution in [2.45, 2.75) is 19.4 Å². The van der Waals surface area contributed by atoms with Crippen molar-refractivity contribution in [1.82, 2.24) is 0 Å². The van der Waals surface area contributed by atoms with Crippen LogP contribution < -0.4 is 0 Å². The molecule has 1 N–H and O–H groups in total. The van der Waals surface area contributed by atoms with Crippen LogP contribution in [0.1, 0.15) is 13.3 Å². The summed E-state index contributed by atoms with van der Waals surface area (Å²) < 4.78 is 0.855. The number of rotatable bonds is 2. The lowest BCUT2D eigenvalue weighted by atomic mass is 10.3. The van der Waals surface area contributed by atoms with Gasteiger partial charge in [0.15, 0.2) is 0 Å². The van der Waals surface area contributed by atoms with Crippen LogP contribution in [0.4, 0.5) is 0 Å². The highest BCUT2D eigenvalue weighted by atomic mass is 127. The zero-order valence-electron chi connectivity index (χ0n) is 3.82. The molecule has 0 spiro atoms. The normalized spacial score (nSPS) is 14.5. The highest BCUT2D eigenvalue weighted by molar-refractivity contribution is 14.1. The van der Waals surface area contributed by atoms with Crippen LogP contribution in [0.25, 0.3) is 0 Å². The number of aliphatic hydroxyl groups is 1. The van der Waals surface area contributed by atoms with Gasteiger partial charge in [-0.3, -0.25) is 0 Å². The molecule has 0 saturated heterocycles. The molecular weight excluding hydrogens is 191 g/mol. The SMILES string of the molecule is CC[C@H](O)CI. The van der Waals surface area contributed by atoms with Crippen molar-refractivity contribution in [2.75, 3.05) is 4.43 Å². The van der Waals surface area contributed by atoms with Gasteiger partial charge in [0.25, 0.3) is 0 Å². The predicted molar refractivity (Wildman–Crippen MR) is 35.2 cm³/mol. The fraction of sp³-hybridized carbons (Fsp3) is 1.00. The van der Waals surface area contributed by atoms with E-state index in [0.717, 1.165) is 10.8 Å². The Labute approximate surface area is 51.9 Å². The number of halogens is 1. The van der Waals surface area contributed by atoms with Crippen molar-refractivity contribution in [3.05, 3.63) is 0 Å². The van der Waals surface area contributed by atoms with E-state index in [-0.39, 0.29) is 6.10 Å². The molecule has 0 heterocycles. The predicted octanol–water partition coefficient (Wildman–Crippen LogP) is 1.19. The van der Waals surface area contributed by atoms with E-state index >= 15 is 0 Å². The van der Waals surface area contributed by atoms with Gasteiger partial charge in [0.2, 0.25) is 0 Å². The maximum atomic E-state index is 8.66. The highest BCUT2D eigenvalue weighted by Crippen LogP contribution is 1.93. The summed E-state index contributed by atoms with van der Waals surface area (Å²) in [4.78, 5) is 0. The summed E-state index contributed by atoms with van der Waals surface area (Å²) in [6, 6.07) is 0. The minimum Gasteiger partial charge on any atom is -0.392 e. The minimum absolute atomic E-state index is 0.0781. The maximum Gasteiger partial charge on any atom is 0.0627 e. The van der Waals surface area contributed by atoms with Crippen molar-refractivity contribution in [2.24, 2.45) is 0 Å². The first-order valence-corrected chi connectivity index (χ1v) is 3.57. The number of alkyl halides is 1. The Kier molecular flexibility index (Phi) is 4.31. The summed E-state index contributed by atoms with van der Waals surface area (Å²) in [5.41, 5.74) is 0. The Morgan fingerprint density at radius 1 is 1.83 bits per heavy atom. The quantitative estimate of drug-likeness (QED) is 0.524. The largest absolute Gasteiger partial charge is 0.392 e. The zero-order valence-corrected chi connectivity index (χ0v) is 5.97. The molecule has 0 aromatic rings. The van der Waals surface area contributed by atoms with Crippen molar-refractivity contribution >= 4 is 22.6 Å². The van der Waals surface area contributed by atoms with Gasteiger partial charge in [-0.15, -0.1) is 0 Å². The van der Waals surface area contributed by atoms with Gasteiger partial charge >= 0.3 is 0 Å². The Morgan fingerprint density at radius 2 is 2.33 bits per heavy atom. The maximum absolute atomic E-state index is 8.66. The third kappa shape index (κ3) is 2.90. The van der Waals surface area contributed by atoms with Crippen LogP contribution in [0.15, 0.2) is 0 Å². The van der Waals surface area contributed by atoms with E-state index in [4.69, 9.17) is 5.11 Å². The summed E-state index contributed by atoms with van der Waals surface area (Å²) >= 11 is 2.16. The van der Waals surface area contributed by atoms with Crippen LogP contribution in [0.2, 0.25) is 0 Å². The molecule has 0 saturated carbocycles. The van der Waals surface area contributed by atoms with Crippen LogP contribution in [0.5, 0.6) is 0 Å². The molecule has 0 amide bonds. The molecule has 0 unspecified atom stereocenters. The molecule has 38 valence electrons. The first kappa shape index (κ1) is 6.69. The van der Waals surface area contributed by atoms with E-state index in [1.54, 1.807) is 0 Å². The average molecular weight is 200 g/mol. The molecule has 2 heteroatoms.